The molecule has 1 aromatic carbocycles. The second kappa shape index (κ2) is 7.59. The summed E-state index contributed by atoms with van der Waals surface area (Å²) in [6.45, 7) is 0. The summed E-state index contributed by atoms with van der Waals surface area (Å²) >= 11 is 0. The molecule has 0 bridgehead atoms. The fraction of sp³-hybridized carbons (Fsp3) is 0.562. The molecule has 3 heteroatoms. The molecule has 0 aromatic heterocycles. The molecule has 1 unspecified atom stereocenters. The molecule has 1 aromatic rings. The third-order valence-corrected chi connectivity index (χ3v) is 5.68. The normalized spacial score (nSPS) is 18.1. The van der Waals surface area contributed by atoms with E-state index in [0.717, 1.165) is 24.8 Å². The monoisotopic (exact) mass is 278 g/mol. The minimum Gasteiger partial charge on any atom is -0.294 e. The Balaban J connectivity index is 1.71. The van der Waals surface area contributed by atoms with Crippen LogP contribution in [0.15, 0.2) is 30.3 Å². The van der Waals surface area contributed by atoms with Gasteiger partial charge in [0.2, 0.25) is 0 Å². The number of benzene rings is 1. The highest BCUT2D eigenvalue weighted by Crippen LogP contribution is 2.22. The summed E-state index contributed by atoms with van der Waals surface area (Å²) < 4.78 is 12.1. The van der Waals surface area contributed by atoms with E-state index in [1.165, 1.54) is 19.3 Å². The number of rotatable bonds is 6. The molecule has 0 saturated heterocycles. The zero-order chi connectivity index (χ0) is 13.5. The number of hydrogen-bond acceptors (Lipinski definition) is 2. The van der Waals surface area contributed by atoms with Crippen LogP contribution in [0.1, 0.15) is 55.3 Å². The molecular formula is C16H22O2S. The maximum absolute atomic E-state index is 12.1. The molecule has 0 radical (unpaired) electrons. The number of carbonyl (C=O) groups excluding carboxylic acids is 1. The van der Waals surface area contributed by atoms with Crippen LogP contribution in [-0.4, -0.2) is 21.0 Å². The molecule has 2 nitrogen and oxygen atoms in total. The summed E-state index contributed by atoms with van der Waals surface area (Å²) in [5.41, 5.74) is 0.769. The van der Waals surface area contributed by atoms with Gasteiger partial charge < -0.3 is 0 Å². The first kappa shape index (κ1) is 14.4. The zero-order valence-corrected chi connectivity index (χ0v) is 12.2. The summed E-state index contributed by atoms with van der Waals surface area (Å²) in [4.78, 5) is 11.9. The van der Waals surface area contributed by atoms with Crippen LogP contribution in [0.3, 0.4) is 0 Å². The van der Waals surface area contributed by atoms with Gasteiger partial charge in [0, 0.05) is 33.8 Å². The van der Waals surface area contributed by atoms with Gasteiger partial charge in [-0.05, 0) is 19.3 Å². The largest absolute Gasteiger partial charge is 0.294 e. The Labute approximate surface area is 118 Å². The van der Waals surface area contributed by atoms with Crippen LogP contribution in [0, 0.1) is 0 Å². The van der Waals surface area contributed by atoms with Crippen LogP contribution in [0.5, 0.6) is 0 Å². The molecular weight excluding hydrogens is 256 g/mol. The van der Waals surface area contributed by atoms with Crippen molar-refractivity contribution in [3.63, 3.8) is 0 Å². The average Bonchev–Trinajstić information content (AvgIpc) is 2.49. The van der Waals surface area contributed by atoms with Crippen molar-refractivity contribution in [3.8, 4) is 0 Å². The first-order valence-corrected chi connectivity index (χ1v) is 8.61. The maximum Gasteiger partial charge on any atom is 0.162 e. The topological polar surface area (TPSA) is 34.1 Å². The maximum atomic E-state index is 12.1. The number of carbonyl (C=O) groups is 1. The van der Waals surface area contributed by atoms with Gasteiger partial charge in [0.15, 0.2) is 5.78 Å². The highest BCUT2D eigenvalue weighted by Gasteiger charge is 2.19. The molecule has 0 N–H and O–H groups in total. The van der Waals surface area contributed by atoms with Gasteiger partial charge in [-0.3, -0.25) is 9.00 Å². The standard InChI is InChI=1S/C16H22O2S/c17-16(14-8-3-1-4-9-14)12-7-13-19(18)15-10-5-2-6-11-15/h1,3-4,8-9,15H,2,5-7,10-13H2. The molecule has 1 atom stereocenters. The SMILES string of the molecule is O=C(CCCS(=O)C1CCCCC1)c1ccccc1. The molecule has 1 saturated carbocycles. The summed E-state index contributed by atoms with van der Waals surface area (Å²) in [7, 11) is -0.732. The Hall–Kier alpha value is -0.960. The number of Topliss-reactive ketones (excluding diaryl/α,β-unsaturated/α-hetero) is 1. The van der Waals surface area contributed by atoms with Crippen molar-refractivity contribution in [1.29, 1.82) is 0 Å². The third-order valence-electron chi connectivity index (χ3n) is 3.77. The van der Waals surface area contributed by atoms with Crippen LogP contribution < -0.4 is 0 Å². The smallest absolute Gasteiger partial charge is 0.162 e. The molecule has 1 fully saturated rings. The van der Waals surface area contributed by atoms with Gasteiger partial charge in [-0.2, -0.15) is 0 Å². The van der Waals surface area contributed by atoms with E-state index in [2.05, 4.69) is 0 Å². The van der Waals surface area contributed by atoms with Crippen molar-refractivity contribution in [1.82, 2.24) is 0 Å². The molecule has 0 aliphatic heterocycles. The third kappa shape index (κ3) is 4.57. The molecule has 0 heterocycles. The van der Waals surface area contributed by atoms with Gasteiger partial charge in [0.1, 0.15) is 0 Å². The molecule has 2 rings (SSSR count). The van der Waals surface area contributed by atoms with Crippen molar-refractivity contribution < 1.29 is 9.00 Å². The van der Waals surface area contributed by atoms with E-state index < -0.39 is 10.8 Å². The van der Waals surface area contributed by atoms with Gasteiger partial charge in [0.25, 0.3) is 0 Å². The van der Waals surface area contributed by atoms with Gasteiger partial charge in [-0.25, -0.2) is 0 Å². The molecule has 19 heavy (non-hydrogen) atoms. The number of ketones is 1. The second-order valence-corrected chi connectivity index (χ2v) is 7.07. The van der Waals surface area contributed by atoms with Gasteiger partial charge in [-0.1, -0.05) is 49.6 Å². The molecule has 0 spiro atoms. The highest BCUT2D eigenvalue weighted by molar-refractivity contribution is 7.85. The predicted octanol–water partition coefficient (Wildman–Crippen LogP) is 3.73. The predicted molar refractivity (Wildman–Crippen MR) is 79.9 cm³/mol. The summed E-state index contributed by atoms with van der Waals surface area (Å²) in [6.07, 6.45) is 7.22. The lowest BCUT2D eigenvalue weighted by Crippen LogP contribution is -2.21. The fourth-order valence-corrected chi connectivity index (χ4v) is 4.26. The summed E-state index contributed by atoms with van der Waals surface area (Å²) in [5, 5.41) is 0.389. The minimum absolute atomic E-state index is 0.168. The molecule has 0 amide bonds. The zero-order valence-electron chi connectivity index (χ0n) is 11.3. The second-order valence-electron chi connectivity index (χ2n) is 5.24. The van der Waals surface area contributed by atoms with Crippen LogP contribution in [-0.2, 0) is 10.8 Å². The summed E-state index contributed by atoms with van der Waals surface area (Å²) in [6, 6.07) is 9.37. The fourth-order valence-electron chi connectivity index (χ4n) is 2.64. The van der Waals surface area contributed by atoms with E-state index in [9.17, 15) is 9.00 Å². The Morgan fingerprint density at radius 2 is 1.79 bits per heavy atom. The van der Waals surface area contributed by atoms with E-state index in [4.69, 9.17) is 0 Å². The van der Waals surface area contributed by atoms with E-state index in [1.807, 2.05) is 30.3 Å². The Morgan fingerprint density at radius 3 is 2.47 bits per heavy atom. The Bertz CT molecular complexity index is 422. The quantitative estimate of drug-likeness (QED) is 0.743. The van der Waals surface area contributed by atoms with Crippen LogP contribution >= 0.6 is 0 Å². The van der Waals surface area contributed by atoms with Crippen molar-refractivity contribution in [2.45, 2.75) is 50.2 Å². The van der Waals surface area contributed by atoms with Crippen molar-refractivity contribution in [2.75, 3.05) is 5.75 Å². The van der Waals surface area contributed by atoms with Gasteiger partial charge in [-0.15, -0.1) is 0 Å². The highest BCUT2D eigenvalue weighted by atomic mass is 32.2. The van der Waals surface area contributed by atoms with Crippen LogP contribution in [0.4, 0.5) is 0 Å². The number of hydrogen-bond donors (Lipinski definition) is 0. The van der Waals surface area contributed by atoms with E-state index in [1.54, 1.807) is 0 Å². The minimum atomic E-state index is -0.732. The van der Waals surface area contributed by atoms with E-state index >= 15 is 0 Å². The Morgan fingerprint density at radius 1 is 1.11 bits per heavy atom. The summed E-state index contributed by atoms with van der Waals surface area (Å²) in [5.74, 6) is 0.852. The molecule has 1 aliphatic rings. The lowest BCUT2D eigenvalue weighted by Gasteiger charge is -2.20. The van der Waals surface area contributed by atoms with Crippen LogP contribution in [0.2, 0.25) is 0 Å². The molecule has 104 valence electrons. The van der Waals surface area contributed by atoms with Crippen LogP contribution in [0.25, 0.3) is 0 Å². The van der Waals surface area contributed by atoms with Crippen molar-refractivity contribution in [2.24, 2.45) is 0 Å². The average molecular weight is 278 g/mol. The van der Waals surface area contributed by atoms with Crippen molar-refractivity contribution >= 4 is 16.6 Å². The first-order valence-electron chi connectivity index (χ1n) is 7.23. The van der Waals surface area contributed by atoms with Gasteiger partial charge in [0.05, 0.1) is 0 Å². The lowest BCUT2D eigenvalue weighted by molar-refractivity contribution is 0.0982. The van der Waals surface area contributed by atoms with Gasteiger partial charge >= 0.3 is 0 Å². The first-order chi connectivity index (χ1) is 9.27. The Kier molecular flexibility index (Phi) is 5.77. The lowest BCUT2D eigenvalue weighted by atomic mass is 10.0. The van der Waals surface area contributed by atoms with E-state index in [0.29, 0.717) is 17.4 Å². The van der Waals surface area contributed by atoms with Crippen molar-refractivity contribution in [3.05, 3.63) is 35.9 Å². The van der Waals surface area contributed by atoms with E-state index in [-0.39, 0.29) is 5.78 Å². The molecule has 1 aliphatic carbocycles.